The lowest BCUT2D eigenvalue weighted by Gasteiger charge is -2.11. The zero-order valence-electron chi connectivity index (χ0n) is 12.4. The smallest absolute Gasteiger partial charge is 0.411 e. The highest BCUT2D eigenvalue weighted by Gasteiger charge is 2.16. The molecule has 1 N–H and O–H groups in total. The van der Waals surface area contributed by atoms with E-state index in [1.165, 1.54) is 12.3 Å². The maximum absolute atomic E-state index is 11.5. The van der Waals surface area contributed by atoms with E-state index in [1.54, 1.807) is 37.3 Å². The second kappa shape index (κ2) is 7.74. The van der Waals surface area contributed by atoms with Crippen LogP contribution in [0.1, 0.15) is 12.5 Å². The van der Waals surface area contributed by atoms with Gasteiger partial charge in [-0.2, -0.15) is 0 Å². The van der Waals surface area contributed by atoms with E-state index in [9.17, 15) is 14.9 Å². The molecule has 0 radical (unpaired) electrons. The number of anilines is 1. The topological polar surface area (TPSA) is 104 Å². The van der Waals surface area contributed by atoms with E-state index in [4.69, 9.17) is 9.47 Å². The van der Waals surface area contributed by atoms with Gasteiger partial charge in [-0.15, -0.1) is 0 Å². The second-order valence-corrected chi connectivity index (χ2v) is 4.37. The van der Waals surface area contributed by atoms with Gasteiger partial charge in [0.15, 0.2) is 0 Å². The highest BCUT2D eigenvalue weighted by Crippen LogP contribution is 2.25. The summed E-state index contributed by atoms with van der Waals surface area (Å²) in [4.78, 5) is 25.5. The Kier molecular flexibility index (Phi) is 5.45. The first-order chi connectivity index (χ1) is 11.1. The van der Waals surface area contributed by atoms with Crippen LogP contribution in [0.4, 0.5) is 16.3 Å². The van der Waals surface area contributed by atoms with Crippen molar-refractivity contribution in [2.75, 3.05) is 11.9 Å². The minimum Gasteiger partial charge on any atom is -0.481 e. The van der Waals surface area contributed by atoms with Crippen molar-refractivity contribution in [3.63, 3.8) is 0 Å². The van der Waals surface area contributed by atoms with Crippen LogP contribution >= 0.6 is 0 Å². The van der Waals surface area contributed by atoms with Crippen molar-refractivity contribution in [2.24, 2.45) is 0 Å². The Hall–Kier alpha value is -3.16. The normalized spacial score (nSPS) is 9.96. The first-order valence-electron chi connectivity index (χ1n) is 6.85. The molecule has 8 heteroatoms. The zero-order valence-corrected chi connectivity index (χ0v) is 12.4. The molecule has 1 heterocycles. The Balaban J connectivity index is 2.12. The number of pyridine rings is 1. The second-order valence-electron chi connectivity index (χ2n) is 4.37. The summed E-state index contributed by atoms with van der Waals surface area (Å²) in [7, 11) is 0. The number of aromatic nitrogens is 1. The quantitative estimate of drug-likeness (QED) is 0.648. The van der Waals surface area contributed by atoms with Gasteiger partial charge >= 0.3 is 11.9 Å². The summed E-state index contributed by atoms with van der Waals surface area (Å²) in [5.74, 6) is -0.299. The summed E-state index contributed by atoms with van der Waals surface area (Å²) in [5, 5.41) is 13.5. The number of carbonyl (C=O) groups excluding carboxylic acids is 1. The molecule has 0 spiro atoms. The van der Waals surface area contributed by atoms with Gasteiger partial charge in [0.1, 0.15) is 12.8 Å². The molecule has 0 bridgehead atoms. The number of nitrogens with one attached hydrogen (secondary N) is 1. The molecule has 8 nitrogen and oxygen atoms in total. The number of para-hydroxylation sites is 1. The minimum atomic E-state index is -0.613. The van der Waals surface area contributed by atoms with Crippen LogP contribution in [0.15, 0.2) is 42.6 Å². The van der Waals surface area contributed by atoms with Crippen LogP contribution in [0, 0.1) is 10.1 Å². The fourth-order valence-corrected chi connectivity index (χ4v) is 1.83. The zero-order chi connectivity index (χ0) is 16.7. The van der Waals surface area contributed by atoms with Crippen molar-refractivity contribution in [2.45, 2.75) is 13.5 Å². The summed E-state index contributed by atoms with van der Waals surface area (Å²) >= 11 is 0. The maximum atomic E-state index is 11.5. The van der Waals surface area contributed by atoms with Gasteiger partial charge in [0.05, 0.1) is 12.3 Å². The third-order valence-electron chi connectivity index (χ3n) is 2.84. The standard InChI is InChI=1S/C15H15N3O5/c1-2-22-15(19)17-12-7-4-3-6-11(12)10-23-13-8-5-9-16-14(13)18(20)21/h3-9H,2,10H2,1H3,(H,17,19). The number of carbonyl (C=O) groups is 1. The van der Waals surface area contributed by atoms with E-state index in [-0.39, 0.29) is 24.8 Å². The van der Waals surface area contributed by atoms with Crippen LogP contribution in [-0.4, -0.2) is 22.6 Å². The van der Waals surface area contributed by atoms with Crippen LogP contribution in [0.25, 0.3) is 0 Å². The highest BCUT2D eigenvalue weighted by molar-refractivity contribution is 5.85. The molecular formula is C15H15N3O5. The Morgan fingerprint density at radius 3 is 2.83 bits per heavy atom. The molecule has 0 saturated carbocycles. The van der Waals surface area contributed by atoms with Crippen molar-refractivity contribution in [3.8, 4) is 5.75 Å². The van der Waals surface area contributed by atoms with E-state index in [1.807, 2.05) is 0 Å². The number of nitrogens with zero attached hydrogens (tertiary/aromatic N) is 2. The number of hydrogen-bond acceptors (Lipinski definition) is 6. The summed E-state index contributed by atoms with van der Waals surface area (Å²) < 4.78 is 10.3. The molecule has 2 aromatic rings. The monoisotopic (exact) mass is 317 g/mol. The SMILES string of the molecule is CCOC(=O)Nc1ccccc1COc1cccnc1[N+](=O)[O-]. The van der Waals surface area contributed by atoms with Crippen molar-refractivity contribution >= 4 is 17.6 Å². The lowest BCUT2D eigenvalue weighted by molar-refractivity contribution is -0.390. The van der Waals surface area contributed by atoms with Gasteiger partial charge in [0.2, 0.25) is 5.75 Å². The number of nitro groups is 1. The molecule has 0 saturated heterocycles. The van der Waals surface area contributed by atoms with Crippen molar-refractivity contribution < 1.29 is 19.2 Å². The number of hydrogen-bond donors (Lipinski definition) is 1. The predicted molar refractivity (Wildman–Crippen MR) is 82.3 cm³/mol. The minimum absolute atomic E-state index is 0.0368. The van der Waals surface area contributed by atoms with Gasteiger partial charge in [0.25, 0.3) is 0 Å². The molecule has 0 atom stereocenters. The van der Waals surface area contributed by atoms with Crippen LogP contribution in [0.2, 0.25) is 0 Å². The van der Waals surface area contributed by atoms with Crippen molar-refractivity contribution in [1.82, 2.24) is 4.98 Å². The van der Waals surface area contributed by atoms with E-state index in [0.29, 0.717) is 11.3 Å². The van der Waals surface area contributed by atoms with Crippen LogP contribution in [0.3, 0.4) is 0 Å². The van der Waals surface area contributed by atoms with Gasteiger partial charge in [-0.1, -0.05) is 18.2 Å². The number of ether oxygens (including phenoxy) is 2. The molecule has 0 aliphatic carbocycles. The molecule has 120 valence electrons. The number of benzene rings is 1. The Morgan fingerprint density at radius 1 is 1.30 bits per heavy atom. The average Bonchev–Trinajstić information content (AvgIpc) is 2.54. The first-order valence-corrected chi connectivity index (χ1v) is 6.85. The van der Waals surface area contributed by atoms with E-state index in [0.717, 1.165) is 0 Å². The molecule has 0 aliphatic rings. The molecule has 1 aromatic carbocycles. The summed E-state index contributed by atoms with van der Waals surface area (Å²) in [6, 6.07) is 9.96. The Labute approximate surface area is 132 Å². The number of rotatable bonds is 6. The van der Waals surface area contributed by atoms with Crippen molar-refractivity contribution in [3.05, 3.63) is 58.3 Å². The van der Waals surface area contributed by atoms with Gasteiger partial charge < -0.3 is 19.6 Å². The molecule has 2 rings (SSSR count). The fourth-order valence-electron chi connectivity index (χ4n) is 1.83. The lowest BCUT2D eigenvalue weighted by atomic mass is 10.2. The van der Waals surface area contributed by atoms with E-state index in [2.05, 4.69) is 10.3 Å². The third-order valence-corrected chi connectivity index (χ3v) is 2.84. The highest BCUT2D eigenvalue weighted by atomic mass is 16.6. The first kappa shape index (κ1) is 16.2. The maximum Gasteiger partial charge on any atom is 0.411 e. The lowest BCUT2D eigenvalue weighted by Crippen LogP contribution is -2.15. The largest absolute Gasteiger partial charge is 0.481 e. The van der Waals surface area contributed by atoms with Crippen molar-refractivity contribution in [1.29, 1.82) is 0 Å². The summed E-state index contributed by atoms with van der Waals surface area (Å²) in [6.07, 6.45) is 0.744. The average molecular weight is 317 g/mol. The Morgan fingerprint density at radius 2 is 2.09 bits per heavy atom. The van der Waals surface area contributed by atoms with E-state index < -0.39 is 11.0 Å². The molecular weight excluding hydrogens is 302 g/mol. The predicted octanol–water partition coefficient (Wildman–Crippen LogP) is 3.14. The van der Waals surface area contributed by atoms with Crippen LogP contribution < -0.4 is 10.1 Å². The van der Waals surface area contributed by atoms with Gasteiger partial charge in [0, 0.05) is 5.56 Å². The van der Waals surface area contributed by atoms with Crippen LogP contribution in [0.5, 0.6) is 5.75 Å². The summed E-state index contributed by atoms with van der Waals surface area (Å²) in [5.41, 5.74) is 1.16. The molecule has 0 aliphatic heterocycles. The Bertz CT molecular complexity index is 705. The molecule has 0 unspecified atom stereocenters. The van der Waals surface area contributed by atoms with Crippen LogP contribution in [-0.2, 0) is 11.3 Å². The molecule has 23 heavy (non-hydrogen) atoms. The van der Waals surface area contributed by atoms with E-state index >= 15 is 0 Å². The van der Waals surface area contributed by atoms with Gasteiger partial charge in [-0.3, -0.25) is 5.32 Å². The fraction of sp³-hybridized carbons (Fsp3) is 0.200. The molecule has 1 aromatic heterocycles. The van der Waals surface area contributed by atoms with Gasteiger partial charge in [-0.25, -0.2) is 4.79 Å². The van der Waals surface area contributed by atoms with Gasteiger partial charge in [-0.05, 0) is 35.0 Å². The third kappa shape index (κ3) is 4.40. The molecule has 0 fully saturated rings. The summed E-state index contributed by atoms with van der Waals surface area (Å²) in [6.45, 7) is 2.00. The molecule has 1 amide bonds. The number of amides is 1.